The molecular formula is C21H19F2N5O. The third-order valence-electron chi connectivity index (χ3n) is 4.16. The Morgan fingerprint density at radius 2 is 2.21 bits per heavy atom. The van der Waals surface area contributed by atoms with Crippen LogP contribution in [-0.2, 0) is 0 Å². The topological polar surface area (TPSA) is 73.9 Å². The number of nitrogens with one attached hydrogen (secondary N) is 2. The molecule has 0 aliphatic carbocycles. The summed E-state index contributed by atoms with van der Waals surface area (Å²) in [6.45, 7) is 7.25. The fraction of sp³-hybridized carbons (Fsp3) is 0.190. The van der Waals surface area contributed by atoms with Crippen LogP contribution in [0.4, 0.5) is 20.3 Å². The first-order valence-corrected chi connectivity index (χ1v) is 8.81. The van der Waals surface area contributed by atoms with Crippen molar-refractivity contribution in [1.82, 2.24) is 15.2 Å². The molecule has 0 atom stereocenters. The number of nitrogens with zero attached hydrogens (tertiary/aromatic N) is 3. The minimum Gasteiger partial charge on any atom is -0.350 e. The summed E-state index contributed by atoms with van der Waals surface area (Å²) in [4.78, 5) is 18.2. The molecule has 148 valence electrons. The van der Waals surface area contributed by atoms with Gasteiger partial charge in [0.25, 0.3) is 11.8 Å². The molecule has 2 N–H and O–H groups in total. The van der Waals surface area contributed by atoms with Crippen LogP contribution >= 0.6 is 0 Å². The highest BCUT2D eigenvalue weighted by Crippen LogP contribution is 2.30. The van der Waals surface area contributed by atoms with Crippen molar-refractivity contribution in [3.05, 3.63) is 72.7 Å². The lowest BCUT2D eigenvalue weighted by Crippen LogP contribution is -2.25. The molecule has 29 heavy (non-hydrogen) atoms. The summed E-state index contributed by atoms with van der Waals surface area (Å²) >= 11 is 0. The molecule has 3 heterocycles. The summed E-state index contributed by atoms with van der Waals surface area (Å²) in [5.74, 6) is 2.97. The quantitative estimate of drug-likeness (QED) is 0.600. The van der Waals surface area contributed by atoms with Crippen molar-refractivity contribution in [2.24, 2.45) is 0 Å². The van der Waals surface area contributed by atoms with E-state index in [0.29, 0.717) is 22.6 Å². The predicted molar refractivity (Wildman–Crippen MR) is 108 cm³/mol. The Hall–Kier alpha value is -3.73. The third-order valence-corrected chi connectivity index (χ3v) is 4.16. The van der Waals surface area contributed by atoms with E-state index in [-0.39, 0.29) is 25.2 Å². The van der Waals surface area contributed by atoms with Crippen molar-refractivity contribution >= 4 is 17.4 Å². The normalized spacial score (nSPS) is 15.0. The Morgan fingerprint density at radius 1 is 1.38 bits per heavy atom. The first-order valence-electron chi connectivity index (χ1n) is 8.81. The van der Waals surface area contributed by atoms with Crippen LogP contribution < -0.4 is 10.2 Å². The molecule has 2 aromatic rings. The molecule has 0 spiro atoms. The maximum atomic E-state index is 13.3. The monoisotopic (exact) mass is 395 g/mol. The maximum absolute atomic E-state index is 13.3. The Morgan fingerprint density at radius 3 is 2.86 bits per heavy atom. The minimum absolute atomic E-state index is 0.188. The summed E-state index contributed by atoms with van der Waals surface area (Å²) in [6, 6.07) is 3.21. The molecule has 1 aliphatic rings. The largest absolute Gasteiger partial charge is 0.350 e. The number of pyridine rings is 1. The van der Waals surface area contributed by atoms with E-state index >= 15 is 0 Å². The second-order valence-corrected chi connectivity index (χ2v) is 6.42. The van der Waals surface area contributed by atoms with Gasteiger partial charge < -0.3 is 10.2 Å². The van der Waals surface area contributed by atoms with Gasteiger partial charge in [-0.15, -0.1) is 0 Å². The number of H-pyrrole nitrogens is 1. The number of rotatable bonds is 5. The first-order chi connectivity index (χ1) is 13.9. The van der Waals surface area contributed by atoms with Crippen molar-refractivity contribution in [2.75, 3.05) is 23.3 Å². The highest BCUT2D eigenvalue weighted by atomic mass is 19.3. The first kappa shape index (κ1) is 20.0. The number of carbonyl (C=O) groups excluding carboxylic acids is 1. The summed E-state index contributed by atoms with van der Waals surface area (Å²) in [7, 11) is 0. The number of halogens is 2. The standard InChI is InChI=1S/C21H19F2N5O/c1-3-4-5-15(2)6-7-16-12-25-27-19(16)20(29)26-17-8-9-18(24-13-17)28-11-10-21(22,23)14-28/h3-5,8-9,12-13H,1-2,10-11,14H2,(H,25,27)(H,26,29)/b5-4-. The highest BCUT2D eigenvalue weighted by molar-refractivity contribution is 6.04. The molecule has 6 nitrogen and oxygen atoms in total. The fourth-order valence-electron chi connectivity index (χ4n) is 2.70. The molecule has 0 bridgehead atoms. The van der Waals surface area contributed by atoms with Gasteiger partial charge >= 0.3 is 0 Å². The number of aromatic amines is 1. The summed E-state index contributed by atoms with van der Waals surface area (Å²) in [5, 5.41) is 9.16. The van der Waals surface area contributed by atoms with Crippen LogP contribution in [-0.4, -0.2) is 40.1 Å². The molecular weight excluding hydrogens is 376 g/mol. The van der Waals surface area contributed by atoms with Gasteiger partial charge in [-0.2, -0.15) is 5.10 Å². The van der Waals surface area contributed by atoms with Gasteiger partial charge in [-0.25, -0.2) is 13.8 Å². The van der Waals surface area contributed by atoms with Crippen molar-refractivity contribution < 1.29 is 13.6 Å². The van der Waals surface area contributed by atoms with Crippen LogP contribution in [0, 0.1) is 11.8 Å². The van der Waals surface area contributed by atoms with Gasteiger partial charge in [-0.05, 0) is 18.2 Å². The molecule has 0 saturated carbocycles. The molecule has 0 radical (unpaired) electrons. The molecule has 8 heteroatoms. The molecule has 1 amide bonds. The van der Waals surface area contributed by atoms with E-state index in [0.717, 1.165) is 0 Å². The predicted octanol–water partition coefficient (Wildman–Crippen LogP) is 3.55. The summed E-state index contributed by atoms with van der Waals surface area (Å²) in [5.41, 5.74) is 1.60. The van der Waals surface area contributed by atoms with Crippen LogP contribution in [0.3, 0.4) is 0 Å². The zero-order valence-electron chi connectivity index (χ0n) is 15.6. The van der Waals surface area contributed by atoms with Crippen LogP contribution in [0.2, 0.25) is 0 Å². The fourth-order valence-corrected chi connectivity index (χ4v) is 2.70. The zero-order valence-corrected chi connectivity index (χ0v) is 15.6. The average molecular weight is 395 g/mol. The SMILES string of the molecule is C=C/C=C\C(=C)C#Cc1cn[nH]c1C(=O)Nc1ccc(N2CCC(F)(F)C2)nc1. The van der Waals surface area contributed by atoms with Gasteiger partial charge in [0.2, 0.25) is 0 Å². The van der Waals surface area contributed by atoms with E-state index in [2.05, 4.69) is 45.5 Å². The molecule has 0 unspecified atom stereocenters. The maximum Gasteiger partial charge on any atom is 0.275 e. The van der Waals surface area contributed by atoms with Crippen LogP contribution in [0.5, 0.6) is 0 Å². The molecule has 1 saturated heterocycles. The zero-order chi connectivity index (χ0) is 20.9. The van der Waals surface area contributed by atoms with Gasteiger partial charge in [0.1, 0.15) is 11.5 Å². The van der Waals surface area contributed by atoms with Gasteiger partial charge in [-0.3, -0.25) is 9.89 Å². The number of alkyl halides is 2. The van der Waals surface area contributed by atoms with Gasteiger partial charge in [-0.1, -0.05) is 37.2 Å². The smallest absolute Gasteiger partial charge is 0.275 e. The van der Waals surface area contributed by atoms with Crippen LogP contribution in [0.25, 0.3) is 0 Å². The summed E-state index contributed by atoms with van der Waals surface area (Å²) in [6.07, 6.45) is 7.70. The number of aromatic nitrogens is 3. The highest BCUT2D eigenvalue weighted by Gasteiger charge is 2.38. The van der Waals surface area contributed by atoms with E-state index < -0.39 is 11.8 Å². The number of carbonyl (C=O) groups is 1. The van der Waals surface area contributed by atoms with E-state index in [1.54, 1.807) is 30.4 Å². The van der Waals surface area contributed by atoms with Crippen molar-refractivity contribution in [2.45, 2.75) is 12.3 Å². The van der Waals surface area contributed by atoms with Gasteiger partial charge in [0.05, 0.1) is 30.2 Å². The molecule has 1 fully saturated rings. The number of hydrogen-bond acceptors (Lipinski definition) is 4. The molecule has 3 rings (SSSR count). The second-order valence-electron chi connectivity index (χ2n) is 6.42. The average Bonchev–Trinajstić information content (AvgIpc) is 3.31. The van der Waals surface area contributed by atoms with Crippen molar-refractivity contribution in [3.63, 3.8) is 0 Å². The molecule has 0 aromatic carbocycles. The second kappa shape index (κ2) is 8.52. The number of hydrogen-bond donors (Lipinski definition) is 2. The molecule has 2 aromatic heterocycles. The van der Waals surface area contributed by atoms with Gasteiger partial charge in [0.15, 0.2) is 0 Å². The van der Waals surface area contributed by atoms with E-state index in [9.17, 15) is 13.6 Å². The van der Waals surface area contributed by atoms with Crippen LogP contribution in [0.15, 0.2) is 61.5 Å². The third kappa shape index (κ3) is 5.17. The number of amides is 1. The molecule has 1 aliphatic heterocycles. The van der Waals surface area contributed by atoms with Crippen LogP contribution in [0.1, 0.15) is 22.5 Å². The Bertz CT molecular complexity index is 1010. The lowest BCUT2D eigenvalue weighted by Gasteiger charge is -2.17. The Kier molecular flexibility index (Phi) is 5.88. The van der Waals surface area contributed by atoms with Gasteiger partial charge in [0, 0.05) is 18.5 Å². The summed E-state index contributed by atoms with van der Waals surface area (Å²) < 4.78 is 26.7. The lowest BCUT2D eigenvalue weighted by molar-refractivity contribution is 0.0256. The van der Waals surface area contributed by atoms with Crippen molar-refractivity contribution in [1.29, 1.82) is 0 Å². The number of allylic oxidation sites excluding steroid dienone is 4. The minimum atomic E-state index is -2.70. The Labute approximate surface area is 167 Å². The van der Waals surface area contributed by atoms with E-state index in [1.165, 1.54) is 17.3 Å². The van der Waals surface area contributed by atoms with E-state index in [1.807, 2.05) is 0 Å². The number of anilines is 2. The Balaban J connectivity index is 1.66. The van der Waals surface area contributed by atoms with E-state index in [4.69, 9.17) is 0 Å². The lowest BCUT2D eigenvalue weighted by atomic mass is 10.2. The van der Waals surface area contributed by atoms with Crippen molar-refractivity contribution in [3.8, 4) is 11.8 Å².